The van der Waals surface area contributed by atoms with Crippen LogP contribution < -0.4 is 10.6 Å². The summed E-state index contributed by atoms with van der Waals surface area (Å²) in [5.74, 6) is -0.142. The zero-order valence-corrected chi connectivity index (χ0v) is 11.2. The fraction of sp³-hybridized carbons (Fsp3) is 0.231. The van der Waals surface area contributed by atoms with Gasteiger partial charge < -0.3 is 10.6 Å². The van der Waals surface area contributed by atoms with Gasteiger partial charge in [-0.1, -0.05) is 0 Å². The monoisotopic (exact) mass is 261 g/mol. The molecule has 4 nitrogen and oxygen atoms in total. The van der Waals surface area contributed by atoms with Gasteiger partial charge in [-0.3, -0.25) is 9.78 Å². The molecule has 18 heavy (non-hydrogen) atoms. The number of nitrogens with zero attached hydrogens (tertiary/aromatic N) is 1. The molecule has 0 aliphatic rings. The Bertz CT molecular complexity index is 537. The van der Waals surface area contributed by atoms with Gasteiger partial charge in [0.2, 0.25) is 0 Å². The fourth-order valence-electron chi connectivity index (χ4n) is 1.61. The third-order valence-electron chi connectivity index (χ3n) is 2.43. The van der Waals surface area contributed by atoms with E-state index >= 15 is 0 Å². The minimum atomic E-state index is -0.142. The van der Waals surface area contributed by atoms with E-state index in [0.29, 0.717) is 5.56 Å². The average molecular weight is 261 g/mol. The molecule has 2 N–H and O–H groups in total. The van der Waals surface area contributed by atoms with Crippen LogP contribution >= 0.6 is 11.3 Å². The van der Waals surface area contributed by atoms with Crippen molar-refractivity contribution in [2.45, 2.75) is 13.8 Å². The van der Waals surface area contributed by atoms with Gasteiger partial charge >= 0.3 is 0 Å². The highest BCUT2D eigenvalue weighted by molar-refractivity contribution is 7.08. The maximum Gasteiger partial charge on any atom is 0.259 e. The summed E-state index contributed by atoms with van der Waals surface area (Å²) < 4.78 is 0. The van der Waals surface area contributed by atoms with Crippen LogP contribution in [0.5, 0.6) is 0 Å². The third-order valence-corrected chi connectivity index (χ3v) is 3.11. The van der Waals surface area contributed by atoms with Gasteiger partial charge in [0.1, 0.15) is 0 Å². The van der Waals surface area contributed by atoms with E-state index in [4.69, 9.17) is 0 Å². The summed E-state index contributed by atoms with van der Waals surface area (Å²) in [6.45, 7) is 4.67. The molecule has 0 bridgehead atoms. The Hall–Kier alpha value is -1.88. The highest BCUT2D eigenvalue weighted by Gasteiger charge is 2.12. The quantitative estimate of drug-likeness (QED) is 0.889. The summed E-state index contributed by atoms with van der Waals surface area (Å²) in [6.07, 6.45) is 1.61. The zero-order valence-electron chi connectivity index (χ0n) is 10.4. The first-order valence-electron chi connectivity index (χ1n) is 5.74. The number of pyridine rings is 1. The van der Waals surface area contributed by atoms with E-state index < -0.39 is 0 Å². The van der Waals surface area contributed by atoms with Gasteiger partial charge in [0, 0.05) is 23.8 Å². The molecule has 2 rings (SSSR count). The molecular weight excluding hydrogens is 246 g/mol. The molecule has 0 spiro atoms. The van der Waals surface area contributed by atoms with E-state index in [0.717, 1.165) is 23.6 Å². The van der Waals surface area contributed by atoms with Crippen LogP contribution in [0.4, 0.5) is 11.4 Å². The fourth-order valence-corrected chi connectivity index (χ4v) is 2.20. The molecule has 0 aromatic carbocycles. The van der Waals surface area contributed by atoms with E-state index in [9.17, 15) is 4.79 Å². The molecule has 94 valence electrons. The number of hydrogen-bond donors (Lipinski definition) is 2. The molecule has 0 aliphatic carbocycles. The predicted molar refractivity (Wildman–Crippen MR) is 75.4 cm³/mol. The number of hydrogen-bond acceptors (Lipinski definition) is 4. The first-order chi connectivity index (χ1) is 8.70. The lowest BCUT2D eigenvalue weighted by molar-refractivity contribution is 0.102. The highest BCUT2D eigenvalue weighted by Crippen LogP contribution is 2.18. The number of carbonyl (C=O) groups is 1. The van der Waals surface area contributed by atoms with Gasteiger partial charge in [-0.2, -0.15) is 11.3 Å². The van der Waals surface area contributed by atoms with Crippen LogP contribution in [0.15, 0.2) is 29.1 Å². The maximum atomic E-state index is 12.1. The molecule has 0 radical (unpaired) electrons. The number of nitrogens with one attached hydrogen (secondary N) is 2. The Morgan fingerprint density at radius 1 is 1.50 bits per heavy atom. The van der Waals surface area contributed by atoms with Crippen molar-refractivity contribution in [3.63, 3.8) is 0 Å². The van der Waals surface area contributed by atoms with Crippen LogP contribution in [0.25, 0.3) is 0 Å². The summed E-state index contributed by atoms with van der Waals surface area (Å²) in [5.41, 5.74) is 3.08. The van der Waals surface area contributed by atoms with Crippen LogP contribution in [-0.4, -0.2) is 17.4 Å². The highest BCUT2D eigenvalue weighted by atomic mass is 32.1. The Labute approximate surface area is 110 Å². The SMILES string of the molecule is CCNc1cc(C)ncc1C(=O)Nc1ccsc1. The Kier molecular flexibility index (Phi) is 3.94. The molecule has 2 aromatic heterocycles. The Morgan fingerprint density at radius 3 is 3.00 bits per heavy atom. The number of anilines is 2. The number of thiophene rings is 1. The molecule has 0 fully saturated rings. The van der Waals surface area contributed by atoms with Crippen molar-refractivity contribution in [3.05, 3.63) is 40.3 Å². The number of aromatic nitrogens is 1. The largest absolute Gasteiger partial charge is 0.385 e. The molecule has 0 unspecified atom stereocenters. The van der Waals surface area contributed by atoms with Crippen molar-refractivity contribution in [2.24, 2.45) is 0 Å². The molecule has 0 aliphatic heterocycles. The van der Waals surface area contributed by atoms with E-state index in [-0.39, 0.29) is 5.91 Å². The van der Waals surface area contributed by atoms with Gasteiger partial charge in [-0.15, -0.1) is 0 Å². The summed E-state index contributed by atoms with van der Waals surface area (Å²) in [5, 5.41) is 9.85. The molecule has 5 heteroatoms. The smallest absolute Gasteiger partial charge is 0.259 e. The second-order valence-corrected chi connectivity index (χ2v) is 4.65. The van der Waals surface area contributed by atoms with Crippen LogP contribution in [0.3, 0.4) is 0 Å². The van der Waals surface area contributed by atoms with E-state index in [2.05, 4.69) is 15.6 Å². The molecular formula is C13H15N3OS. The van der Waals surface area contributed by atoms with Crippen LogP contribution in [0.2, 0.25) is 0 Å². The number of aryl methyl sites for hydroxylation is 1. The Morgan fingerprint density at radius 2 is 2.33 bits per heavy atom. The summed E-state index contributed by atoms with van der Waals surface area (Å²) in [6, 6.07) is 3.75. The molecule has 2 heterocycles. The van der Waals surface area contributed by atoms with Crippen molar-refractivity contribution < 1.29 is 4.79 Å². The zero-order chi connectivity index (χ0) is 13.0. The van der Waals surface area contributed by atoms with Gasteiger partial charge in [0.15, 0.2) is 0 Å². The summed E-state index contributed by atoms with van der Waals surface area (Å²) in [4.78, 5) is 16.3. The second kappa shape index (κ2) is 5.64. The minimum Gasteiger partial charge on any atom is -0.385 e. The standard InChI is InChI=1S/C13H15N3OS/c1-3-14-12-6-9(2)15-7-11(12)13(17)16-10-4-5-18-8-10/h4-8H,3H2,1-2H3,(H,14,15)(H,16,17). The number of carbonyl (C=O) groups excluding carboxylic acids is 1. The molecule has 0 atom stereocenters. The maximum absolute atomic E-state index is 12.1. The molecule has 0 saturated heterocycles. The Balaban J connectivity index is 2.23. The van der Waals surface area contributed by atoms with Gasteiger partial charge in [-0.05, 0) is 31.4 Å². The summed E-state index contributed by atoms with van der Waals surface area (Å²) in [7, 11) is 0. The number of amides is 1. The number of rotatable bonds is 4. The van der Waals surface area contributed by atoms with Crippen LogP contribution in [0, 0.1) is 6.92 Å². The molecule has 0 saturated carbocycles. The van der Waals surface area contributed by atoms with E-state index in [1.165, 1.54) is 0 Å². The van der Waals surface area contributed by atoms with Gasteiger partial charge in [0.25, 0.3) is 5.91 Å². The second-order valence-electron chi connectivity index (χ2n) is 3.87. The molecule has 1 amide bonds. The summed E-state index contributed by atoms with van der Waals surface area (Å²) >= 11 is 1.55. The van der Waals surface area contributed by atoms with Crippen molar-refractivity contribution in [1.29, 1.82) is 0 Å². The van der Waals surface area contributed by atoms with E-state index in [1.54, 1.807) is 17.5 Å². The lowest BCUT2D eigenvalue weighted by atomic mass is 10.2. The lowest BCUT2D eigenvalue weighted by Crippen LogP contribution is -2.15. The average Bonchev–Trinajstić information content (AvgIpc) is 2.82. The minimum absolute atomic E-state index is 0.142. The van der Waals surface area contributed by atoms with Gasteiger partial charge in [0.05, 0.1) is 16.9 Å². The first-order valence-corrected chi connectivity index (χ1v) is 6.69. The van der Waals surface area contributed by atoms with E-state index in [1.807, 2.05) is 36.7 Å². The van der Waals surface area contributed by atoms with Crippen molar-refractivity contribution in [2.75, 3.05) is 17.2 Å². The topological polar surface area (TPSA) is 54.0 Å². The van der Waals surface area contributed by atoms with Crippen molar-refractivity contribution >= 4 is 28.6 Å². The predicted octanol–water partition coefficient (Wildman–Crippen LogP) is 3.14. The van der Waals surface area contributed by atoms with Crippen LogP contribution in [0.1, 0.15) is 23.0 Å². The third kappa shape index (κ3) is 2.87. The van der Waals surface area contributed by atoms with Crippen molar-refractivity contribution in [3.8, 4) is 0 Å². The molecule has 2 aromatic rings. The van der Waals surface area contributed by atoms with Crippen LogP contribution in [-0.2, 0) is 0 Å². The normalized spacial score (nSPS) is 10.1. The first kappa shape index (κ1) is 12.6. The van der Waals surface area contributed by atoms with Crippen molar-refractivity contribution in [1.82, 2.24) is 4.98 Å². The lowest BCUT2D eigenvalue weighted by Gasteiger charge is -2.10. The van der Waals surface area contributed by atoms with Gasteiger partial charge in [-0.25, -0.2) is 0 Å².